The molecule has 6 heteroatoms. The first kappa shape index (κ1) is 19.5. The number of amides is 1. The van der Waals surface area contributed by atoms with E-state index in [1.165, 1.54) is 29.0 Å². The van der Waals surface area contributed by atoms with Crippen LogP contribution < -0.4 is 5.32 Å². The molecule has 0 aliphatic carbocycles. The molecule has 31 heavy (non-hydrogen) atoms. The summed E-state index contributed by atoms with van der Waals surface area (Å²) in [4.78, 5) is 18.1. The fraction of sp³-hybridized carbons (Fsp3) is 0.120. The van der Waals surface area contributed by atoms with Gasteiger partial charge in [-0.1, -0.05) is 41.7 Å². The van der Waals surface area contributed by atoms with Crippen molar-refractivity contribution in [3.63, 3.8) is 0 Å². The monoisotopic (exact) mass is 429 g/mol. The van der Waals surface area contributed by atoms with Crippen molar-refractivity contribution in [3.05, 3.63) is 95.9 Å². The molecule has 0 aliphatic rings. The Balaban J connectivity index is 1.29. The van der Waals surface area contributed by atoms with E-state index in [4.69, 9.17) is 0 Å². The molecule has 5 rings (SSSR count). The van der Waals surface area contributed by atoms with Crippen LogP contribution in [0.5, 0.6) is 0 Å². The van der Waals surface area contributed by atoms with Gasteiger partial charge in [0.25, 0.3) is 5.91 Å². The summed E-state index contributed by atoms with van der Waals surface area (Å²) in [6.07, 6.45) is 3.79. The Hall–Kier alpha value is -3.51. The fourth-order valence-electron chi connectivity index (χ4n) is 3.64. The van der Waals surface area contributed by atoms with Gasteiger partial charge in [-0.15, -0.1) is 0 Å². The summed E-state index contributed by atoms with van der Waals surface area (Å²) in [5.41, 5.74) is 4.60. The summed E-state index contributed by atoms with van der Waals surface area (Å²) in [6.45, 7) is 0.639. The largest absolute Gasteiger partial charge is 0.352 e. The van der Waals surface area contributed by atoms with Gasteiger partial charge in [-0.2, -0.15) is 0 Å². The normalized spacial score (nSPS) is 11.3. The summed E-state index contributed by atoms with van der Waals surface area (Å²) in [5, 5.41) is 3.01. The molecule has 1 N–H and O–H groups in total. The van der Waals surface area contributed by atoms with Gasteiger partial charge in [-0.25, -0.2) is 9.37 Å². The molecule has 0 radical (unpaired) electrons. The molecule has 4 nitrogen and oxygen atoms in total. The first-order valence-electron chi connectivity index (χ1n) is 10.2. The van der Waals surface area contributed by atoms with Crippen LogP contribution >= 0.6 is 11.3 Å². The van der Waals surface area contributed by atoms with E-state index in [2.05, 4.69) is 22.4 Å². The van der Waals surface area contributed by atoms with E-state index >= 15 is 0 Å². The molecule has 2 heterocycles. The zero-order valence-corrected chi connectivity index (χ0v) is 17.5. The number of halogens is 1. The number of hydrogen-bond acceptors (Lipinski definition) is 3. The Bertz CT molecular complexity index is 1360. The maximum atomic E-state index is 13.2. The minimum atomic E-state index is -0.263. The van der Waals surface area contributed by atoms with E-state index in [0.717, 1.165) is 39.3 Å². The molecule has 2 aromatic heterocycles. The molecule has 0 aliphatic heterocycles. The van der Waals surface area contributed by atoms with Gasteiger partial charge in [0, 0.05) is 23.9 Å². The summed E-state index contributed by atoms with van der Waals surface area (Å²) >= 11 is 1.54. The van der Waals surface area contributed by atoms with E-state index in [9.17, 15) is 9.18 Å². The fourth-order valence-corrected chi connectivity index (χ4v) is 4.69. The number of carbonyl (C=O) groups is 1. The number of fused-ring (bicyclic) bond motifs is 3. The van der Waals surface area contributed by atoms with Gasteiger partial charge in [-0.3, -0.25) is 9.20 Å². The molecule has 0 spiro atoms. The van der Waals surface area contributed by atoms with Crippen LogP contribution in [0, 0.1) is 5.82 Å². The SMILES string of the molecule is O=C(NCCCc1ccccc1)c1ccc2c(c1)sc1nc(-c3ccc(F)cc3)cn12. The van der Waals surface area contributed by atoms with Crippen molar-refractivity contribution >= 4 is 32.4 Å². The predicted molar refractivity (Wildman–Crippen MR) is 123 cm³/mol. The van der Waals surface area contributed by atoms with Crippen LogP contribution in [0.2, 0.25) is 0 Å². The second kappa shape index (κ2) is 8.32. The number of carbonyl (C=O) groups excluding carboxylic acids is 1. The number of aryl methyl sites for hydroxylation is 1. The molecule has 154 valence electrons. The standard InChI is InChI=1S/C25H20FN3OS/c26-20-11-8-18(9-12-20)21-16-29-22-13-10-19(15-23(22)31-25(29)28-21)24(30)27-14-4-7-17-5-2-1-3-6-17/h1-3,5-6,8-13,15-16H,4,7,14H2,(H,27,30). The van der Waals surface area contributed by atoms with Crippen molar-refractivity contribution in [2.45, 2.75) is 12.8 Å². The maximum absolute atomic E-state index is 13.2. The first-order chi connectivity index (χ1) is 15.2. The predicted octanol–water partition coefficient (Wildman–Crippen LogP) is 5.72. The Labute approximate surface area is 183 Å². The average Bonchev–Trinajstić information content (AvgIpc) is 3.35. The molecule has 3 aromatic carbocycles. The Morgan fingerprint density at radius 1 is 1.03 bits per heavy atom. The van der Waals surface area contributed by atoms with Crippen molar-refractivity contribution in [3.8, 4) is 11.3 Å². The van der Waals surface area contributed by atoms with Crippen molar-refractivity contribution in [2.75, 3.05) is 6.54 Å². The van der Waals surface area contributed by atoms with E-state index in [1.54, 1.807) is 12.1 Å². The molecular formula is C25H20FN3OS. The number of nitrogens with zero attached hydrogens (tertiary/aromatic N) is 2. The van der Waals surface area contributed by atoms with Crippen molar-refractivity contribution in [1.29, 1.82) is 0 Å². The van der Waals surface area contributed by atoms with Gasteiger partial charge in [-0.05, 0) is 60.9 Å². The average molecular weight is 430 g/mol. The minimum absolute atomic E-state index is 0.0620. The van der Waals surface area contributed by atoms with Crippen molar-refractivity contribution < 1.29 is 9.18 Å². The zero-order valence-electron chi connectivity index (χ0n) is 16.7. The highest BCUT2D eigenvalue weighted by Gasteiger charge is 2.13. The molecule has 0 saturated heterocycles. The van der Waals surface area contributed by atoms with Gasteiger partial charge < -0.3 is 5.32 Å². The number of aromatic nitrogens is 2. The third kappa shape index (κ3) is 4.07. The van der Waals surface area contributed by atoms with Gasteiger partial charge >= 0.3 is 0 Å². The van der Waals surface area contributed by atoms with Gasteiger partial charge in [0.15, 0.2) is 4.96 Å². The smallest absolute Gasteiger partial charge is 0.251 e. The lowest BCUT2D eigenvalue weighted by molar-refractivity contribution is 0.0953. The number of hydrogen-bond donors (Lipinski definition) is 1. The van der Waals surface area contributed by atoms with Crippen molar-refractivity contribution in [2.24, 2.45) is 0 Å². The van der Waals surface area contributed by atoms with Crippen LogP contribution in [0.15, 0.2) is 79.0 Å². The molecular weight excluding hydrogens is 409 g/mol. The summed E-state index contributed by atoms with van der Waals surface area (Å²) < 4.78 is 16.2. The van der Waals surface area contributed by atoms with Gasteiger partial charge in [0.05, 0.1) is 15.9 Å². The van der Waals surface area contributed by atoms with E-state index in [1.807, 2.05) is 47.0 Å². The van der Waals surface area contributed by atoms with Crippen LogP contribution in [0.3, 0.4) is 0 Å². The summed E-state index contributed by atoms with van der Waals surface area (Å²) in [7, 11) is 0. The maximum Gasteiger partial charge on any atom is 0.251 e. The molecule has 5 aromatic rings. The summed E-state index contributed by atoms with van der Waals surface area (Å²) in [5.74, 6) is -0.325. The number of nitrogens with one attached hydrogen (secondary N) is 1. The van der Waals surface area contributed by atoms with Crippen LogP contribution in [-0.2, 0) is 6.42 Å². The van der Waals surface area contributed by atoms with Crippen LogP contribution in [-0.4, -0.2) is 21.8 Å². The minimum Gasteiger partial charge on any atom is -0.352 e. The molecule has 0 atom stereocenters. The highest BCUT2D eigenvalue weighted by Crippen LogP contribution is 2.30. The molecule has 0 saturated carbocycles. The number of benzene rings is 3. The quantitative estimate of drug-likeness (QED) is 0.351. The molecule has 1 amide bonds. The Morgan fingerprint density at radius 3 is 2.65 bits per heavy atom. The highest BCUT2D eigenvalue weighted by atomic mass is 32.1. The second-order valence-electron chi connectivity index (χ2n) is 7.42. The first-order valence-corrected chi connectivity index (χ1v) is 11.0. The Morgan fingerprint density at radius 2 is 1.84 bits per heavy atom. The van der Waals surface area contributed by atoms with Crippen LogP contribution in [0.25, 0.3) is 26.4 Å². The molecule has 0 fully saturated rings. The number of imidazole rings is 1. The molecule has 0 bridgehead atoms. The lowest BCUT2D eigenvalue weighted by Gasteiger charge is -2.06. The van der Waals surface area contributed by atoms with Crippen LogP contribution in [0.4, 0.5) is 4.39 Å². The lowest BCUT2D eigenvalue weighted by Crippen LogP contribution is -2.24. The lowest BCUT2D eigenvalue weighted by atomic mass is 10.1. The highest BCUT2D eigenvalue weighted by molar-refractivity contribution is 7.23. The Kier molecular flexibility index (Phi) is 5.22. The third-order valence-electron chi connectivity index (χ3n) is 5.27. The van der Waals surface area contributed by atoms with Crippen LogP contribution in [0.1, 0.15) is 22.3 Å². The topological polar surface area (TPSA) is 46.4 Å². The van der Waals surface area contributed by atoms with Crippen molar-refractivity contribution in [1.82, 2.24) is 14.7 Å². The zero-order chi connectivity index (χ0) is 21.2. The number of rotatable bonds is 6. The third-order valence-corrected chi connectivity index (χ3v) is 6.28. The van der Waals surface area contributed by atoms with E-state index < -0.39 is 0 Å². The van der Waals surface area contributed by atoms with Gasteiger partial charge in [0.2, 0.25) is 0 Å². The molecule has 0 unspecified atom stereocenters. The van der Waals surface area contributed by atoms with E-state index in [0.29, 0.717) is 12.1 Å². The van der Waals surface area contributed by atoms with Gasteiger partial charge in [0.1, 0.15) is 5.82 Å². The summed E-state index contributed by atoms with van der Waals surface area (Å²) in [6, 6.07) is 22.3. The van der Waals surface area contributed by atoms with E-state index in [-0.39, 0.29) is 11.7 Å². The number of thiazole rings is 1. The second-order valence-corrected chi connectivity index (χ2v) is 8.42.